The molecule has 2 aromatic rings. The lowest BCUT2D eigenvalue weighted by Gasteiger charge is -2.19. The van der Waals surface area contributed by atoms with Crippen molar-refractivity contribution >= 4 is 16.7 Å². The van der Waals surface area contributed by atoms with Gasteiger partial charge in [-0.1, -0.05) is 24.3 Å². The molecule has 0 amide bonds. The molecule has 1 atom stereocenters. The monoisotopic (exact) mass is 227 g/mol. The molecule has 1 aromatic carbocycles. The summed E-state index contributed by atoms with van der Waals surface area (Å²) in [5.74, 6) is -0.165. The summed E-state index contributed by atoms with van der Waals surface area (Å²) < 4.78 is 5.09. The summed E-state index contributed by atoms with van der Waals surface area (Å²) >= 11 is 0. The second kappa shape index (κ2) is 3.55. The zero-order valence-corrected chi connectivity index (χ0v) is 9.64. The molecule has 1 aromatic heterocycles. The van der Waals surface area contributed by atoms with Gasteiger partial charge >= 0.3 is 5.97 Å². The smallest absolute Gasteiger partial charge is 0.318 e. The van der Waals surface area contributed by atoms with Crippen molar-refractivity contribution in [2.45, 2.75) is 18.8 Å². The molecule has 0 spiro atoms. The van der Waals surface area contributed by atoms with Crippen LogP contribution >= 0.6 is 0 Å². The highest BCUT2D eigenvalue weighted by atomic mass is 16.5. The van der Waals surface area contributed by atoms with Gasteiger partial charge in [0.15, 0.2) is 0 Å². The minimum atomic E-state index is -0.596. The first-order chi connectivity index (χ1) is 8.22. The number of carbonyl (C=O) groups excluding carboxylic acids is 1. The van der Waals surface area contributed by atoms with Crippen LogP contribution in [-0.2, 0) is 14.9 Å². The molecule has 3 rings (SSSR count). The molecule has 1 aliphatic rings. The topological polar surface area (TPSA) is 39.2 Å². The maximum absolute atomic E-state index is 11.9. The van der Waals surface area contributed by atoms with Gasteiger partial charge in [0, 0.05) is 18.0 Å². The van der Waals surface area contributed by atoms with Gasteiger partial charge in [0.2, 0.25) is 0 Å². The zero-order chi connectivity index (χ0) is 11.9. The quantitative estimate of drug-likeness (QED) is 0.702. The molecule has 1 fully saturated rings. The van der Waals surface area contributed by atoms with E-state index < -0.39 is 5.41 Å². The molecule has 1 aliphatic heterocycles. The fraction of sp³-hybridized carbons (Fsp3) is 0.286. The molecule has 0 aliphatic carbocycles. The molecule has 3 nitrogen and oxygen atoms in total. The third-order valence-corrected chi connectivity index (χ3v) is 3.48. The summed E-state index contributed by atoms with van der Waals surface area (Å²) in [5, 5.41) is 2.15. The van der Waals surface area contributed by atoms with Crippen LogP contribution < -0.4 is 0 Å². The Bertz CT molecular complexity index is 588. The van der Waals surface area contributed by atoms with Crippen molar-refractivity contribution in [3.8, 4) is 0 Å². The number of nitrogens with zero attached hydrogens (tertiary/aromatic N) is 1. The largest absolute Gasteiger partial charge is 0.465 e. The number of fused-ring (bicyclic) bond motifs is 1. The molecule has 3 heteroatoms. The summed E-state index contributed by atoms with van der Waals surface area (Å²) in [6, 6.07) is 9.96. The first kappa shape index (κ1) is 10.3. The number of esters is 1. The predicted octanol–water partition coefficient (Wildman–Crippen LogP) is 2.44. The third kappa shape index (κ3) is 1.42. The van der Waals surface area contributed by atoms with Crippen LogP contribution in [0.15, 0.2) is 36.5 Å². The molecule has 0 bridgehead atoms. The lowest BCUT2D eigenvalue weighted by Crippen LogP contribution is -2.28. The molecular weight excluding hydrogens is 214 g/mol. The molecule has 0 N–H and O–H groups in total. The number of cyclic esters (lactones) is 1. The maximum atomic E-state index is 11.9. The number of carbonyl (C=O) groups is 1. The number of hydrogen-bond donors (Lipinski definition) is 0. The van der Waals surface area contributed by atoms with Crippen molar-refractivity contribution in [2.24, 2.45) is 0 Å². The van der Waals surface area contributed by atoms with Gasteiger partial charge in [-0.25, -0.2) is 0 Å². The van der Waals surface area contributed by atoms with Crippen molar-refractivity contribution in [3.05, 3.63) is 42.2 Å². The Labute approximate surface area is 99.4 Å². The molecule has 86 valence electrons. The summed E-state index contributed by atoms with van der Waals surface area (Å²) in [7, 11) is 0. The van der Waals surface area contributed by atoms with E-state index in [1.54, 1.807) is 6.20 Å². The van der Waals surface area contributed by atoms with Crippen LogP contribution in [0.25, 0.3) is 10.8 Å². The van der Waals surface area contributed by atoms with Crippen molar-refractivity contribution in [3.63, 3.8) is 0 Å². The highest BCUT2D eigenvalue weighted by Gasteiger charge is 2.43. The van der Waals surface area contributed by atoms with Gasteiger partial charge in [0.1, 0.15) is 5.41 Å². The highest BCUT2D eigenvalue weighted by Crippen LogP contribution is 2.36. The lowest BCUT2D eigenvalue weighted by molar-refractivity contribution is -0.142. The average molecular weight is 227 g/mol. The fourth-order valence-corrected chi connectivity index (χ4v) is 2.38. The van der Waals surface area contributed by atoms with E-state index in [9.17, 15) is 4.79 Å². The van der Waals surface area contributed by atoms with Crippen LogP contribution in [0.4, 0.5) is 0 Å². The Balaban J connectivity index is 2.27. The van der Waals surface area contributed by atoms with Crippen LogP contribution in [0.3, 0.4) is 0 Å². The number of benzene rings is 1. The van der Waals surface area contributed by atoms with Crippen LogP contribution in [0.5, 0.6) is 0 Å². The summed E-state index contributed by atoms with van der Waals surface area (Å²) in [5.41, 5.74) is 0.235. The number of pyridine rings is 1. The minimum absolute atomic E-state index is 0.165. The van der Waals surface area contributed by atoms with Gasteiger partial charge in [-0.2, -0.15) is 0 Å². The number of ether oxygens (including phenoxy) is 1. The Morgan fingerprint density at radius 2 is 2.12 bits per heavy atom. The van der Waals surface area contributed by atoms with Gasteiger partial charge in [-0.3, -0.25) is 9.78 Å². The second-order valence-electron chi connectivity index (χ2n) is 4.60. The van der Waals surface area contributed by atoms with Gasteiger partial charge in [-0.05, 0) is 18.4 Å². The van der Waals surface area contributed by atoms with E-state index in [-0.39, 0.29) is 5.97 Å². The van der Waals surface area contributed by atoms with Gasteiger partial charge in [0.25, 0.3) is 0 Å². The van der Waals surface area contributed by atoms with Crippen molar-refractivity contribution in [1.82, 2.24) is 4.98 Å². The first-order valence-corrected chi connectivity index (χ1v) is 5.73. The van der Waals surface area contributed by atoms with Crippen molar-refractivity contribution in [1.29, 1.82) is 0 Å². The Kier molecular flexibility index (Phi) is 2.15. The molecule has 2 heterocycles. The molecule has 0 saturated carbocycles. The zero-order valence-electron chi connectivity index (χ0n) is 9.64. The average Bonchev–Trinajstić information content (AvgIpc) is 2.70. The molecular formula is C14H13NO2. The Hall–Kier alpha value is -1.90. The van der Waals surface area contributed by atoms with E-state index in [0.717, 1.165) is 16.5 Å². The molecule has 1 saturated heterocycles. The number of rotatable bonds is 1. The number of aromatic nitrogens is 1. The van der Waals surface area contributed by atoms with Crippen molar-refractivity contribution in [2.75, 3.05) is 6.61 Å². The summed E-state index contributed by atoms with van der Waals surface area (Å²) in [4.78, 5) is 16.3. The second-order valence-corrected chi connectivity index (χ2v) is 4.60. The van der Waals surface area contributed by atoms with Crippen LogP contribution in [0.1, 0.15) is 19.0 Å². The van der Waals surface area contributed by atoms with Gasteiger partial charge < -0.3 is 4.74 Å². The first-order valence-electron chi connectivity index (χ1n) is 5.73. The molecule has 17 heavy (non-hydrogen) atoms. The van der Waals surface area contributed by atoms with E-state index in [4.69, 9.17) is 4.74 Å². The predicted molar refractivity (Wildman–Crippen MR) is 64.7 cm³/mol. The fourth-order valence-electron chi connectivity index (χ4n) is 2.38. The van der Waals surface area contributed by atoms with E-state index in [1.165, 1.54) is 0 Å². The molecule has 1 unspecified atom stereocenters. The summed E-state index contributed by atoms with van der Waals surface area (Å²) in [6.07, 6.45) is 2.46. The SMILES string of the molecule is CC1(c2nccc3ccccc23)CCOC1=O. The van der Waals surface area contributed by atoms with Crippen molar-refractivity contribution < 1.29 is 9.53 Å². The van der Waals surface area contributed by atoms with E-state index in [2.05, 4.69) is 4.98 Å². The summed E-state index contributed by atoms with van der Waals surface area (Å²) in [6.45, 7) is 2.40. The van der Waals surface area contributed by atoms with Crippen LogP contribution in [-0.4, -0.2) is 17.6 Å². The van der Waals surface area contributed by atoms with E-state index in [1.807, 2.05) is 37.3 Å². The van der Waals surface area contributed by atoms with E-state index >= 15 is 0 Å². The van der Waals surface area contributed by atoms with Gasteiger partial charge in [0.05, 0.1) is 12.3 Å². The normalized spacial score (nSPS) is 23.9. The van der Waals surface area contributed by atoms with Crippen LogP contribution in [0, 0.1) is 0 Å². The van der Waals surface area contributed by atoms with E-state index in [0.29, 0.717) is 13.0 Å². The maximum Gasteiger partial charge on any atom is 0.318 e. The minimum Gasteiger partial charge on any atom is -0.465 e. The Morgan fingerprint density at radius 3 is 2.88 bits per heavy atom. The van der Waals surface area contributed by atoms with Crippen LogP contribution in [0.2, 0.25) is 0 Å². The number of hydrogen-bond acceptors (Lipinski definition) is 3. The highest BCUT2D eigenvalue weighted by molar-refractivity contribution is 5.92. The lowest BCUT2D eigenvalue weighted by atomic mass is 9.82. The standard InChI is InChI=1S/C14H13NO2/c1-14(7-9-17-13(14)16)12-11-5-3-2-4-10(11)6-8-15-12/h2-6,8H,7,9H2,1H3. The Morgan fingerprint density at radius 1 is 1.29 bits per heavy atom. The third-order valence-electron chi connectivity index (χ3n) is 3.48. The van der Waals surface area contributed by atoms with Gasteiger partial charge in [-0.15, -0.1) is 0 Å². The molecule has 0 radical (unpaired) electrons.